The van der Waals surface area contributed by atoms with Crippen molar-refractivity contribution in [2.45, 2.75) is 39.2 Å². The number of imidazole rings is 1. The summed E-state index contributed by atoms with van der Waals surface area (Å²) in [5, 5.41) is 8.03. The Hall–Kier alpha value is -2.96. The van der Waals surface area contributed by atoms with E-state index in [2.05, 4.69) is 51.5 Å². The van der Waals surface area contributed by atoms with Gasteiger partial charge in [-0.1, -0.05) is 6.92 Å². The van der Waals surface area contributed by atoms with E-state index in [1.54, 1.807) is 0 Å². The van der Waals surface area contributed by atoms with E-state index >= 15 is 0 Å². The Morgan fingerprint density at radius 2 is 2.04 bits per heavy atom. The van der Waals surface area contributed by atoms with Gasteiger partial charge in [-0.3, -0.25) is 4.40 Å². The average Bonchev–Trinajstić information content (AvgIpc) is 3.31. The summed E-state index contributed by atoms with van der Waals surface area (Å²) in [6, 6.07) is 2.48. The van der Waals surface area contributed by atoms with E-state index in [1.807, 2.05) is 33.7 Å². The standard InChI is InChI=1S/C19H21N7/c1-3-15-9-22-19-21-8-14(11-25(15)19)16-6-7-26-17(16)10-20-18(24-26)23-12(2)13-4-5-13/h6-13H,3-5H2,1-2H3,(H,23,24)/t12-/m0/s1. The van der Waals surface area contributed by atoms with Gasteiger partial charge in [-0.25, -0.2) is 19.5 Å². The topological polar surface area (TPSA) is 72.4 Å². The van der Waals surface area contributed by atoms with Gasteiger partial charge < -0.3 is 5.32 Å². The summed E-state index contributed by atoms with van der Waals surface area (Å²) in [6.07, 6.45) is 13.2. The fraction of sp³-hybridized carbons (Fsp3) is 0.368. The summed E-state index contributed by atoms with van der Waals surface area (Å²) in [5.74, 6) is 2.16. The second-order valence-electron chi connectivity index (χ2n) is 7.03. The summed E-state index contributed by atoms with van der Waals surface area (Å²) in [6.45, 7) is 4.32. The molecule has 0 aromatic carbocycles. The molecule has 1 aliphatic rings. The lowest BCUT2D eigenvalue weighted by Gasteiger charge is -2.12. The first-order chi connectivity index (χ1) is 12.7. The van der Waals surface area contributed by atoms with Crippen LogP contribution < -0.4 is 5.32 Å². The highest BCUT2D eigenvalue weighted by Gasteiger charge is 2.28. The largest absolute Gasteiger partial charge is 0.350 e. The lowest BCUT2D eigenvalue weighted by atomic mass is 10.1. The number of nitrogens with one attached hydrogen (secondary N) is 1. The predicted molar refractivity (Wildman–Crippen MR) is 100 cm³/mol. The Bertz CT molecular complexity index is 1090. The van der Waals surface area contributed by atoms with Crippen molar-refractivity contribution >= 4 is 17.2 Å². The first-order valence-corrected chi connectivity index (χ1v) is 9.16. The first kappa shape index (κ1) is 15.3. The third-order valence-electron chi connectivity index (χ3n) is 5.22. The molecule has 1 fully saturated rings. The van der Waals surface area contributed by atoms with Crippen LogP contribution >= 0.6 is 0 Å². The van der Waals surface area contributed by atoms with E-state index in [0.29, 0.717) is 12.0 Å². The summed E-state index contributed by atoms with van der Waals surface area (Å²) in [7, 11) is 0. The summed E-state index contributed by atoms with van der Waals surface area (Å²) < 4.78 is 3.93. The maximum Gasteiger partial charge on any atom is 0.241 e. The minimum Gasteiger partial charge on any atom is -0.350 e. The molecule has 0 bridgehead atoms. The molecule has 132 valence electrons. The van der Waals surface area contributed by atoms with Crippen molar-refractivity contribution in [2.75, 3.05) is 5.32 Å². The molecule has 5 rings (SSSR count). The number of rotatable bonds is 5. The van der Waals surface area contributed by atoms with Crippen LogP contribution in [0.15, 0.2) is 37.1 Å². The van der Waals surface area contributed by atoms with E-state index in [-0.39, 0.29) is 0 Å². The SMILES string of the molecule is CCc1cnc2ncc(-c3ccn4nc(N[C@@H](C)C5CC5)ncc34)cn12. The average molecular weight is 347 g/mol. The molecule has 4 aromatic rings. The van der Waals surface area contributed by atoms with Crippen LogP contribution in [0.2, 0.25) is 0 Å². The quantitative estimate of drug-likeness (QED) is 0.600. The van der Waals surface area contributed by atoms with Crippen LogP contribution in [0.25, 0.3) is 22.4 Å². The van der Waals surface area contributed by atoms with Gasteiger partial charge in [0.05, 0.1) is 17.9 Å². The lowest BCUT2D eigenvalue weighted by Crippen LogP contribution is -2.19. The first-order valence-electron chi connectivity index (χ1n) is 9.16. The molecule has 1 saturated carbocycles. The van der Waals surface area contributed by atoms with Crippen LogP contribution in [0.1, 0.15) is 32.4 Å². The molecule has 0 radical (unpaired) electrons. The Morgan fingerprint density at radius 3 is 2.85 bits per heavy atom. The number of fused-ring (bicyclic) bond motifs is 2. The zero-order valence-electron chi connectivity index (χ0n) is 14.9. The van der Waals surface area contributed by atoms with Gasteiger partial charge in [0.2, 0.25) is 11.7 Å². The van der Waals surface area contributed by atoms with Crippen LogP contribution in [0.3, 0.4) is 0 Å². The van der Waals surface area contributed by atoms with Gasteiger partial charge in [-0.2, -0.15) is 0 Å². The van der Waals surface area contributed by atoms with Crippen LogP contribution in [-0.2, 0) is 6.42 Å². The Labute approximate surface area is 151 Å². The molecular weight excluding hydrogens is 326 g/mol. The fourth-order valence-corrected chi connectivity index (χ4v) is 3.45. The van der Waals surface area contributed by atoms with Gasteiger partial charge in [-0.15, -0.1) is 5.10 Å². The van der Waals surface area contributed by atoms with Crippen molar-refractivity contribution < 1.29 is 0 Å². The van der Waals surface area contributed by atoms with Crippen molar-refractivity contribution in [3.63, 3.8) is 0 Å². The summed E-state index contributed by atoms with van der Waals surface area (Å²) in [4.78, 5) is 13.4. The molecule has 0 spiro atoms. The van der Waals surface area contributed by atoms with Gasteiger partial charge >= 0.3 is 0 Å². The summed E-state index contributed by atoms with van der Waals surface area (Å²) in [5.41, 5.74) is 4.21. The molecule has 26 heavy (non-hydrogen) atoms. The maximum atomic E-state index is 4.61. The molecule has 1 atom stereocenters. The number of aryl methyl sites for hydroxylation is 1. The predicted octanol–water partition coefficient (Wildman–Crippen LogP) is 3.21. The molecule has 0 unspecified atom stereocenters. The van der Waals surface area contributed by atoms with Crippen molar-refractivity contribution in [2.24, 2.45) is 5.92 Å². The molecule has 4 heterocycles. The zero-order valence-corrected chi connectivity index (χ0v) is 14.9. The van der Waals surface area contributed by atoms with Gasteiger partial charge in [0.1, 0.15) is 0 Å². The van der Waals surface area contributed by atoms with E-state index < -0.39 is 0 Å². The lowest BCUT2D eigenvalue weighted by molar-refractivity contribution is 0.681. The molecule has 7 nitrogen and oxygen atoms in total. The second kappa shape index (κ2) is 5.79. The molecule has 7 heteroatoms. The van der Waals surface area contributed by atoms with Crippen LogP contribution in [0, 0.1) is 5.92 Å². The van der Waals surface area contributed by atoms with Crippen LogP contribution in [0.4, 0.5) is 5.95 Å². The Morgan fingerprint density at radius 1 is 1.19 bits per heavy atom. The molecule has 0 amide bonds. The van der Waals surface area contributed by atoms with Gasteiger partial charge in [0.15, 0.2) is 0 Å². The van der Waals surface area contributed by atoms with E-state index in [0.717, 1.165) is 40.5 Å². The smallest absolute Gasteiger partial charge is 0.241 e. The van der Waals surface area contributed by atoms with Crippen molar-refractivity contribution in [1.29, 1.82) is 0 Å². The highest BCUT2D eigenvalue weighted by molar-refractivity contribution is 5.79. The van der Waals surface area contributed by atoms with E-state index in [1.165, 1.54) is 12.8 Å². The highest BCUT2D eigenvalue weighted by atomic mass is 15.3. The minimum atomic E-state index is 0.419. The monoisotopic (exact) mass is 347 g/mol. The van der Waals surface area contributed by atoms with Crippen LogP contribution in [0.5, 0.6) is 0 Å². The number of hydrogen-bond acceptors (Lipinski definition) is 5. The maximum absolute atomic E-state index is 4.61. The van der Waals surface area contributed by atoms with Crippen LogP contribution in [-0.4, -0.2) is 35.0 Å². The fourth-order valence-electron chi connectivity index (χ4n) is 3.45. The number of hydrogen-bond donors (Lipinski definition) is 1. The third kappa shape index (κ3) is 2.51. The molecule has 4 aromatic heterocycles. The second-order valence-corrected chi connectivity index (χ2v) is 7.03. The molecule has 1 N–H and O–H groups in total. The van der Waals surface area contributed by atoms with E-state index in [4.69, 9.17) is 0 Å². The minimum absolute atomic E-state index is 0.419. The van der Waals surface area contributed by atoms with Crippen molar-refractivity contribution in [3.8, 4) is 11.1 Å². The highest BCUT2D eigenvalue weighted by Crippen LogP contribution is 2.33. The molecular formula is C19H21N7. The zero-order chi connectivity index (χ0) is 17.7. The van der Waals surface area contributed by atoms with Gasteiger partial charge in [0.25, 0.3) is 0 Å². The summed E-state index contributed by atoms with van der Waals surface area (Å²) >= 11 is 0. The van der Waals surface area contributed by atoms with Gasteiger partial charge in [-0.05, 0) is 38.2 Å². The van der Waals surface area contributed by atoms with Crippen molar-refractivity contribution in [3.05, 3.63) is 42.7 Å². The third-order valence-corrected chi connectivity index (χ3v) is 5.22. The molecule has 1 aliphatic carbocycles. The number of anilines is 1. The number of nitrogens with zero attached hydrogens (tertiary/aromatic N) is 6. The normalized spacial score (nSPS) is 15.6. The Balaban J connectivity index is 1.52. The van der Waals surface area contributed by atoms with Crippen molar-refractivity contribution in [1.82, 2.24) is 29.0 Å². The van der Waals surface area contributed by atoms with E-state index in [9.17, 15) is 0 Å². The molecule has 0 aliphatic heterocycles. The molecule has 0 saturated heterocycles. The Kier molecular flexibility index (Phi) is 3.41. The van der Waals surface area contributed by atoms with Gasteiger partial charge in [0, 0.05) is 41.5 Å². The number of aromatic nitrogens is 6.